The lowest BCUT2D eigenvalue weighted by Gasteiger charge is -2.23. The van der Waals surface area contributed by atoms with Crippen LogP contribution in [0, 0.1) is 6.92 Å². The molecule has 0 bridgehead atoms. The molecule has 4 rings (SSSR count). The fraction of sp³-hybridized carbons (Fsp3) is 0.525. The highest BCUT2D eigenvalue weighted by molar-refractivity contribution is 7.80. The summed E-state index contributed by atoms with van der Waals surface area (Å²) in [4.78, 5) is 36.0. The number of nitrogens with two attached hydrogens (primary N) is 1. The molecule has 0 radical (unpaired) electrons. The van der Waals surface area contributed by atoms with Crippen LogP contribution in [0.15, 0.2) is 54.6 Å². The molecule has 0 spiro atoms. The van der Waals surface area contributed by atoms with E-state index in [9.17, 15) is 19.8 Å². The molecule has 0 atom stereocenters. The molecule has 1 fully saturated rings. The number of carboxylic acid groups (broad SMARTS) is 2. The van der Waals surface area contributed by atoms with Crippen LogP contribution < -0.4 is 16.4 Å². The zero-order chi connectivity index (χ0) is 41.1. The third kappa shape index (κ3) is 21.5. The smallest absolute Gasteiger partial charge is 0.354 e. The average Bonchev–Trinajstić information content (AvgIpc) is 3.17. The quantitative estimate of drug-likeness (QED) is 0.117. The van der Waals surface area contributed by atoms with Crippen LogP contribution in [0.2, 0.25) is 5.02 Å². The van der Waals surface area contributed by atoms with E-state index < -0.39 is 11.9 Å². The number of aromatic carboxylic acids is 2. The van der Waals surface area contributed by atoms with Gasteiger partial charge in [-0.25, -0.2) is 19.6 Å². The number of nitrogens with one attached hydrogen (secondary N) is 2. The van der Waals surface area contributed by atoms with Gasteiger partial charge in [0.25, 0.3) is 0 Å². The minimum absolute atomic E-state index is 0.0135. The molecule has 0 unspecified atom stereocenters. The Morgan fingerprint density at radius 3 is 1.81 bits per heavy atom. The van der Waals surface area contributed by atoms with Crippen molar-refractivity contribution in [1.82, 2.24) is 25.1 Å². The maximum absolute atomic E-state index is 11.9. The van der Waals surface area contributed by atoms with Gasteiger partial charge in [0.1, 0.15) is 5.69 Å². The van der Waals surface area contributed by atoms with Gasteiger partial charge in [-0.2, -0.15) is 0 Å². The highest BCUT2D eigenvalue weighted by Gasteiger charge is 2.15. The molecular weight excluding hydrogens is 774 g/mol. The first-order valence-corrected chi connectivity index (χ1v) is 20.1. The minimum atomic E-state index is -1.12. The molecule has 57 heavy (non-hydrogen) atoms. The molecule has 0 aliphatic carbocycles. The number of benzene rings is 1. The number of anilines is 1. The summed E-state index contributed by atoms with van der Waals surface area (Å²) in [6.45, 7) is 10.1. The van der Waals surface area contributed by atoms with Crippen molar-refractivity contribution in [3.8, 4) is 0 Å². The van der Waals surface area contributed by atoms with Crippen molar-refractivity contribution >= 4 is 46.6 Å². The van der Waals surface area contributed by atoms with Crippen LogP contribution in [0.25, 0.3) is 0 Å². The van der Waals surface area contributed by atoms with Gasteiger partial charge in [-0.1, -0.05) is 42.6 Å². The number of carboxylic acids is 2. The number of aromatic nitrogens is 2. The van der Waals surface area contributed by atoms with Crippen LogP contribution >= 0.6 is 23.8 Å². The number of rotatable bonds is 13. The van der Waals surface area contributed by atoms with E-state index in [1.54, 1.807) is 18.2 Å². The first-order chi connectivity index (χ1) is 27.6. The van der Waals surface area contributed by atoms with E-state index in [0.717, 1.165) is 30.7 Å². The molecule has 1 aromatic carbocycles. The SMILES string of the molecule is Cc1cccc(Cl)c1.NCCCCCCNC(=S)Nc1cc(CN2CCOCCOCCN(Cc3cccc(C(=O)O)n3)CCOCCOCC2)nc(C(=O)O)c1. The lowest BCUT2D eigenvalue weighted by molar-refractivity contribution is 0.00597. The van der Waals surface area contributed by atoms with Crippen LogP contribution in [-0.4, -0.2) is 139 Å². The molecular formula is C40H58ClN7O8S. The third-order valence-corrected chi connectivity index (χ3v) is 8.98. The number of nitrogens with zero attached hydrogens (tertiary/aromatic N) is 4. The van der Waals surface area contributed by atoms with Crippen LogP contribution in [0.3, 0.4) is 0 Å². The van der Waals surface area contributed by atoms with Crippen molar-refractivity contribution in [2.45, 2.75) is 45.7 Å². The van der Waals surface area contributed by atoms with E-state index in [1.165, 1.54) is 17.7 Å². The van der Waals surface area contributed by atoms with Gasteiger partial charge in [0.2, 0.25) is 0 Å². The topological polar surface area (TPSA) is 194 Å². The van der Waals surface area contributed by atoms with Crippen molar-refractivity contribution in [3.05, 3.63) is 88.0 Å². The van der Waals surface area contributed by atoms with E-state index in [1.807, 2.05) is 31.2 Å². The summed E-state index contributed by atoms with van der Waals surface area (Å²) in [7, 11) is 0. The van der Waals surface area contributed by atoms with E-state index in [-0.39, 0.29) is 11.4 Å². The van der Waals surface area contributed by atoms with Gasteiger partial charge in [0, 0.05) is 56.5 Å². The van der Waals surface area contributed by atoms with E-state index in [0.29, 0.717) is 127 Å². The summed E-state index contributed by atoms with van der Waals surface area (Å²) in [6, 6.07) is 16.0. The number of aryl methyl sites for hydroxylation is 1. The average molecular weight is 832 g/mol. The number of carbonyl (C=O) groups is 2. The van der Waals surface area contributed by atoms with E-state index in [4.69, 9.17) is 48.5 Å². The molecule has 1 aliphatic rings. The largest absolute Gasteiger partial charge is 0.477 e. The summed E-state index contributed by atoms with van der Waals surface area (Å²) in [5.41, 5.74) is 8.49. The van der Waals surface area contributed by atoms with Gasteiger partial charge < -0.3 is 45.5 Å². The Morgan fingerprint density at radius 2 is 1.28 bits per heavy atom. The minimum Gasteiger partial charge on any atom is -0.477 e. The number of halogens is 1. The summed E-state index contributed by atoms with van der Waals surface area (Å²) in [6.07, 6.45) is 4.11. The monoisotopic (exact) mass is 831 g/mol. The van der Waals surface area contributed by atoms with Crippen molar-refractivity contribution in [3.63, 3.8) is 0 Å². The number of hydrogen-bond donors (Lipinski definition) is 5. The second-order valence-electron chi connectivity index (χ2n) is 13.2. The predicted molar refractivity (Wildman–Crippen MR) is 224 cm³/mol. The zero-order valence-corrected chi connectivity index (χ0v) is 34.4. The first kappa shape index (κ1) is 47.5. The number of hydrogen-bond acceptors (Lipinski definition) is 12. The molecule has 15 nitrogen and oxygen atoms in total. The normalized spacial score (nSPS) is 15.6. The summed E-state index contributed by atoms with van der Waals surface area (Å²) in [5.74, 6) is -2.18. The molecule has 3 heterocycles. The van der Waals surface area contributed by atoms with Gasteiger partial charge in [-0.15, -0.1) is 0 Å². The Hall–Kier alpha value is -3.84. The van der Waals surface area contributed by atoms with Crippen molar-refractivity contribution in [2.24, 2.45) is 5.73 Å². The van der Waals surface area contributed by atoms with Gasteiger partial charge in [-0.05, 0) is 80.5 Å². The van der Waals surface area contributed by atoms with E-state index in [2.05, 4.69) is 30.4 Å². The standard InChI is InChI=1S/C33H51N7O8S.C7H7Cl/c34-8-3-1-2-4-9-35-33(49)38-27-22-28(37-30(23-27)32(43)44)25-40-12-16-47-20-18-45-14-10-39(11-15-46-19-21-48-17-13-40)24-26-6-5-7-29(36-26)31(41)42;1-6-3-2-4-7(8)5-6/h5-7,22-23H,1-4,8-21,24-25,34H2,(H,41,42)(H,43,44)(H2,35,37,38,49);2-5H,1H3. The molecule has 1 saturated heterocycles. The zero-order valence-electron chi connectivity index (χ0n) is 32.8. The fourth-order valence-electron chi connectivity index (χ4n) is 5.56. The molecule has 1 aliphatic heterocycles. The maximum Gasteiger partial charge on any atom is 0.354 e. The molecule has 6 N–H and O–H groups in total. The van der Waals surface area contributed by atoms with Gasteiger partial charge >= 0.3 is 11.9 Å². The molecule has 17 heteroatoms. The van der Waals surface area contributed by atoms with Crippen molar-refractivity contribution in [1.29, 1.82) is 0 Å². The summed E-state index contributed by atoms with van der Waals surface area (Å²) < 4.78 is 23.3. The molecule has 0 saturated carbocycles. The highest BCUT2D eigenvalue weighted by atomic mass is 35.5. The number of thiocarbonyl (C=S) groups is 1. The first-order valence-electron chi connectivity index (χ1n) is 19.3. The van der Waals surface area contributed by atoms with Crippen LogP contribution in [0.5, 0.6) is 0 Å². The maximum atomic E-state index is 11.9. The predicted octanol–water partition coefficient (Wildman–Crippen LogP) is 4.71. The number of pyridine rings is 2. The van der Waals surface area contributed by atoms with Crippen LogP contribution in [-0.2, 0) is 32.0 Å². The Kier molecular flexibility index (Phi) is 23.8. The Morgan fingerprint density at radius 1 is 0.737 bits per heavy atom. The summed E-state index contributed by atoms with van der Waals surface area (Å²) in [5, 5.41) is 26.5. The van der Waals surface area contributed by atoms with Crippen molar-refractivity contribution < 1.29 is 38.7 Å². The molecule has 2 aromatic heterocycles. The number of ether oxygens (including phenoxy) is 4. The van der Waals surface area contributed by atoms with Crippen molar-refractivity contribution in [2.75, 3.05) is 97.4 Å². The Balaban J connectivity index is 0.000000964. The van der Waals surface area contributed by atoms with E-state index >= 15 is 0 Å². The number of unbranched alkanes of at least 4 members (excludes halogenated alkanes) is 3. The lowest BCUT2D eigenvalue weighted by atomic mass is 10.2. The fourth-order valence-corrected chi connectivity index (χ4v) is 6.02. The Bertz CT molecular complexity index is 1610. The third-order valence-electron chi connectivity index (χ3n) is 8.50. The van der Waals surface area contributed by atoms with Gasteiger partial charge in [0.15, 0.2) is 10.8 Å². The van der Waals surface area contributed by atoms with Crippen LogP contribution in [0.4, 0.5) is 5.69 Å². The highest BCUT2D eigenvalue weighted by Crippen LogP contribution is 2.15. The molecule has 314 valence electrons. The second-order valence-corrected chi connectivity index (χ2v) is 14.1. The van der Waals surface area contributed by atoms with Crippen LogP contribution in [0.1, 0.15) is 63.6 Å². The molecule has 3 aromatic rings. The summed E-state index contributed by atoms with van der Waals surface area (Å²) >= 11 is 11.1. The van der Waals surface area contributed by atoms with Gasteiger partial charge in [-0.3, -0.25) is 9.80 Å². The lowest BCUT2D eigenvalue weighted by Crippen LogP contribution is -2.33. The van der Waals surface area contributed by atoms with Gasteiger partial charge in [0.05, 0.1) is 64.2 Å². The molecule has 0 amide bonds. The Labute approximate surface area is 346 Å². The second kappa shape index (κ2) is 28.5.